The number of nitrogen functional groups attached to an aromatic ring is 1. The standard InChI is InChI=1S/C14H22N4S2/c1-4-10-13(11-9-19-14(15)17-11)20-12(16-10)7-8-18(5-2)6-3/h9H,4-8H2,1-3H3,(H2,15,17). The van der Waals surface area contributed by atoms with Crippen LogP contribution in [-0.2, 0) is 12.8 Å². The fraction of sp³-hybridized carbons (Fsp3) is 0.571. The van der Waals surface area contributed by atoms with Gasteiger partial charge in [-0.2, -0.15) is 0 Å². The van der Waals surface area contributed by atoms with E-state index in [1.54, 1.807) is 11.3 Å². The number of aryl methyl sites for hydroxylation is 1. The van der Waals surface area contributed by atoms with Crippen LogP contribution < -0.4 is 5.73 Å². The lowest BCUT2D eigenvalue weighted by Crippen LogP contribution is -2.25. The summed E-state index contributed by atoms with van der Waals surface area (Å²) in [5.74, 6) is 0. The van der Waals surface area contributed by atoms with Crippen molar-refractivity contribution in [2.45, 2.75) is 33.6 Å². The summed E-state index contributed by atoms with van der Waals surface area (Å²) in [5, 5.41) is 3.85. The molecule has 0 radical (unpaired) electrons. The highest BCUT2D eigenvalue weighted by Gasteiger charge is 2.14. The molecule has 2 aromatic heterocycles. The molecule has 2 heterocycles. The van der Waals surface area contributed by atoms with Gasteiger partial charge in [0.2, 0.25) is 0 Å². The van der Waals surface area contributed by atoms with Crippen molar-refractivity contribution in [1.82, 2.24) is 14.9 Å². The molecule has 0 spiro atoms. The normalized spacial score (nSPS) is 11.4. The third-order valence-electron chi connectivity index (χ3n) is 3.37. The molecule has 2 aromatic rings. The maximum Gasteiger partial charge on any atom is 0.180 e. The highest BCUT2D eigenvalue weighted by Crippen LogP contribution is 2.32. The summed E-state index contributed by atoms with van der Waals surface area (Å²) in [4.78, 5) is 12.8. The van der Waals surface area contributed by atoms with Crippen LogP contribution in [0.3, 0.4) is 0 Å². The molecule has 0 fully saturated rings. The minimum atomic E-state index is 0.625. The fourth-order valence-corrected chi connectivity index (χ4v) is 3.86. The molecule has 0 saturated carbocycles. The van der Waals surface area contributed by atoms with Gasteiger partial charge in [-0.15, -0.1) is 22.7 Å². The van der Waals surface area contributed by atoms with Crippen LogP contribution in [0.4, 0.5) is 5.13 Å². The zero-order valence-corrected chi connectivity index (χ0v) is 14.0. The molecule has 2 N–H and O–H groups in total. The van der Waals surface area contributed by atoms with Gasteiger partial charge >= 0.3 is 0 Å². The van der Waals surface area contributed by atoms with Gasteiger partial charge in [0.15, 0.2) is 5.13 Å². The van der Waals surface area contributed by atoms with Crippen LogP contribution in [0.2, 0.25) is 0 Å². The van der Waals surface area contributed by atoms with Crippen LogP contribution in [0.15, 0.2) is 5.38 Å². The molecule has 20 heavy (non-hydrogen) atoms. The van der Waals surface area contributed by atoms with E-state index in [0.717, 1.165) is 43.9 Å². The van der Waals surface area contributed by atoms with Gasteiger partial charge < -0.3 is 10.6 Å². The molecule has 0 amide bonds. The van der Waals surface area contributed by atoms with Gasteiger partial charge in [0.05, 0.1) is 21.3 Å². The lowest BCUT2D eigenvalue weighted by atomic mass is 10.2. The second-order valence-corrected chi connectivity index (χ2v) is 6.56. The number of likely N-dealkylation sites (N-methyl/N-ethyl adjacent to an activating group) is 1. The maximum atomic E-state index is 5.73. The number of nitrogens with two attached hydrogens (primary N) is 1. The van der Waals surface area contributed by atoms with Crippen LogP contribution in [0, 0.1) is 0 Å². The number of rotatable bonds is 7. The van der Waals surface area contributed by atoms with Crippen molar-refractivity contribution in [2.24, 2.45) is 0 Å². The molecular weight excluding hydrogens is 288 g/mol. The Morgan fingerprint density at radius 2 is 1.95 bits per heavy atom. The highest BCUT2D eigenvalue weighted by molar-refractivity contribution is 7.16. The Bertz CT molecular complexity index is 543. The smallest absolute Gasteiger partial charge is 0.180 e. The third kappa shape index (κ3) is 3.56. The van der Waals surface area contributed by atoms with Crippen molar-refractivity contribution in [1.29, 1.82) is 0 Å². The van der Waals surface area contributed by atoms with Gasteiger partial charge in [-0.1, -0.05) is 20.8 Å². The fourth-order valence-electron chi connectivity index (χ4n) is 2.13. The van der Waals surface area contributed by atoms with Crippen LogP contribution in [0.5, 0.6) is 0 Å². The summed E-state index contributed by atoms with van der Waals surface area (Å²) in [6.07, 6.45) is 1.95. The molecule has 0 aliphatic heterocycles. The van der Waals surface area contributed by atoms with E-state index in [1.165, 1.54) is 21.2 Å². The van der Waals surface area contributed by atoms with Crippen LogP contribution in [0.25, 0.3) is 10.6 Å². The quantitative estimate of drug-likeness (QED) is 0.852. The lowest BCUT2D eigenvalue weighted by molar-refractivity contribution is 0.308. The van der Waals surface area contributed by atoms with Crippen LogP contribution in [0.1, 0.15) is 31.5 Å². The van der Waals surface area contributed by atoms with Crippen LogP contribution in [-0.4, -0.2) is 34.5 Å². The van der Waals surface area contributed by atoms with Gasteiger partial charge in [-0.05, 0) is 19.5 Å². The Morgan fingerprint density at radius 3 is 2.50 bits per heavy atom. The average molecular weight is 310 g/mol. The van der Waals surface area contributed by atoms with E-state index in [0.29, 0.717) is 5.13 Å². The topological polar surface area (TPSA) is 55.0 Å². The summed E-state index contributed by atoms with van der Waals surface area (Å²) in [5.41, 5.74) is 7.86. The van der Waals surface area contributed by atoms with Crippen molar-refractivity contribution in [3.05, 3.63) is 16.1 Å². The first-order chi connectivity index (χ1) is 9.67. The number of aromatic nitrogens is 2. The molecule has 110 valence electrons. The molecule has 0 bridgehead atoms. The van der Waals surface area contributed by atoms with Gasteiger partial charge in [0.1, 0.15) is 0 Å². The second-order valence-electron chi connectivity index (χ2n) is 4.58. The largest absolute Gasteiger partial charge is 0.375 e. The monoisotopic (exact) mass is 310 g/mol. The third-order valence-corrected chi connectivity index (χ3v) is 5.22. The minimum Gasteiger partial charge on any atom is -0.375 e. The number of hydrogen-bond acceptors (Lipinski definition) is 6. The molecule has 0 aliphatic rings. The number of thiazole rings is 2. The van der Waals surface area contributed by atoms with Crippen molar-refractivity contribution < 1.29 is 0 Å². The second kappa shape index (κ2) is 7.15. The Hall–Kier alpha value is -0.980. The zero-order valence-electron chi connectivity index (χ0n) is 12.3. The van der Waals surface area contributed by atoms with E-state index >= 15 is 0 Å². The number of nitrogens with zero attached hydrogens (tertiary/aromatic N) is 3. The molecular formula is C14H22N4S2. The summed E-state index contributed by atoms with van der Waals surface area (Å²) in [6.45, 7) is 9.80. The lowest BCUT2D eigenvalue weighted by Gasteiger charge is -2.16. The Labute approximate surface area is 128 Å². The maximum absolute atomic E-state index is 5.73. The summed E-state index contributed by atoms with van der Waals surface area (Å²) < 4.78 is 0. The average Bonchev–Trinajstić information content (AvgIpc) is 3.05. The zero-order chi connectivity index (χ0) is 14.5. The molecule has 0 unspecified atom stereocenters. The first-order valence-corrected chi connectivity index (χ1v) is 8.79. The molecule has 0 saturated heterocycles. The molecule has 0 aromatic carbocycles. The summed E-state index contributed by atoms with van der Waals surface area (Å²) in [6, 6.07) is 0. The van der Waals surface area contributed by atoms with Crippen LogP contribution >= 0.6 is 22.7 Å². The Morgan fingerprint density at radius 1 is 1.20 bits per heavy atom. The molecule has 4 nitrogen and oxygen atoms in total. The minimum absolute atomic E-state index is 0.625. The van der Waals surface area contributed by atoms with E-state index in [9.17, 15) is 0 Å². The Kier molecular flexibility index (Phi) is 5.51. The van der Waals surface area contributed by atoms with Gasteiger partial charge in [0.25, 0.3) is 0 Å². The predicted molar refractivity (Wildman–Crippen MR) is 88.5 cm³/mol. The molecule has 0 aliphatic carbocycles. The number of anilines is 1. The van der Waals surface area contributed by atoms with E-state index in [-0.39, 0.29) is 0 Å². The van der Waals surface area contributed by atoms with Gasteiger partial charge in [-0.3, -0.25) is 0 Å². The van der Waals surface area contributed by atoms with Crippen molar-refractivity contribution >= 4 is 27.8 Å². The first-order valence-electron chi connectivity index (χ1n) is 7.10. The van der Waals surface area contributed by atoms with Gasteiger partial charge in [0, 0.05) is 18.3 Å². The Balaban J connectivity index is 2.14. The van der Waals surface area contributed by atoms with Gasteiger partial charge in [-0.25, -0.2) is 9.97 Å². The molecule has 2 rings (SSSR count). The summed E-state index contributed by atoms with van der Waals surface area (Å²) in [7, 11) is 0. The molecule has 0 atom stereocenters. The summed E-state index contributed by atoms with van der Waals surface area (Å²) >= 11 is 3.25. The molecule has 6 heteroatoms. The predicted octanol–water partition coefficient (Wildman–Crippen LogP) is 3.30. The first kappa shape index (κ1) is 15.4. The highest BCUT2D eigenvalue weighted by atomic mass is 32.1. The van der Waals surface area contributed by atoms with E-state index in [4.69, 9.17) is 10.7 Å². The SMILES string of the molecule is CCc1nc(CCN(CC)CC)sc1-c1csc(N)n1. The van der Waals surface area contributed by atoms with Crippen molar-refractivity contribution in [3.63, 3.8) is 0 Å². The van der Waals surface area contributed by atoms with Crippen molar-refractivity contribution in [3.8, 4) is 10.6 Å². The van der Waals surface area contributed by atoms with E-state index in [1.807, 2.05) is 5.38 Å². The van der Waals surface area contributed by atoms with Crippen molar-refractivity contribution in [2.75, 3.05) is 25.4 Å². The van der Waals surface area contributed by atoms with E-state index < -0.39 is 0 Å². The number of hydrogen-bond donors (Lipinski definition) is 1. The van der Waals surface area contributed by atoms with E-state index in [2.05, 4.69) is 30.7 Å².